The zero-order chi connectivity index (χ0) is 21.0. The third-order valence-electron chi connectivity index (χ3n) is 5.42. The van der Waals surface area contributed by atoms with Crippen LogP contribution >= 0.6 is 0 Å². The molecule has 0 unspecified atom stereocenters. The van der Waals surface area contributed by atoms with Gasteiger partial charge in [-0.3, -0.25) is 4.79 Å². The van der Waals surface area contributed by atoms with Crippen molar-refractivity contribution >= 4 is 5.97 Å². The second kappa shape index (κ2) is 18.7. The van der Waals surface area contributed by atoms with Gasteiger partial charge in [0, 0.05) is 25.4 Å². The second-order valence-electron chi connectivity index (χ2n) is 8.13. The number of hydrogen-bond acceptors (Lipinski definition) is 4. The molecular formula is C24H45N3O2. The summed E-state index contributed by atoms with van der Waals surface area (Å²) in [5.74, 6) is 1.08. The smallest absolute Gasteiger partial charge is 0.305 e. The Labute approximate surface area is 179 Å². The van der Waals surface area contributed by atoms with Crippen LogP contribution in [0.5, 0.6) is 0 Å². The molecule has 0 aliphatic rings. The Bertz CT molecular complexity index is 502. The van der Waals surface area contributed by atoms with Crippen LogP contribution in [0.3, 0.4) is 0 Å². The van der Waals surface area contributed by atoms with Crippen molar-refractivity contribution in [2.24, 2.45) is 0 Å². The summed E-state index contributed by atoms with van der Waals surface area (Å²) in [4.78, 5) is 16.0. The normalized spacial score (nSPS) is 11.1. The fourth-order valence-electron chi connectivity index (χ4n) is 3.51. The maximum absolute atomic E-state index is 11.7. The zero-order valence-corrected chi connectivity index (χ0v) is 19.1. The lowest BCUT2D eigenvalue weighted by atomic mass is 10.1. The van der Waals surface area contributed by atoms with Gasteiger partial charge in [0.15, 0.2) is 0 Å². The summed E-state index contributed by atoms with van der Waals surface area (Å²) in [6.45, 7) is 8.08. The minimum atomic E-state index is -0.00854. The maximum Gasteiger partial charge on any atom is 0.305 e. The lowest BCUT2D eigenvalue weighted by Gasteiger charge is -2.07. The van der Waals surface area contributed by atoms with E-state index in [0.717, 1.165) is 51.1 Å². The van der Waals surface area contributed by atoms with Crippen molar-refractivity contribution in [3.05, 3.63) is 18.2 Å². The number of nitrogens with one attached hydrogen (secondary N) is 1. The first-order valence-corrected chi connectivity index (χ1v) is 12.1. The fraction of sp³-hybridized carbons (Fsp3) is 0.833. The summed E-state index contributed by atoms with van der Waals surface area (Å²) in [6.07, 6.45) is 20.2. The molecule has 168 valence electrons. The van der Waals surface area contributed by atoms with Gasteiger partial charge in [0.05, 0.1) is 6.61 Å². The molecule has 5 heteroatoms. The van der Waals surface area contributed by atoms with Crippen LogP contribution in [0.4, 0.5) is 0 Å². The number of imidazole rings is 1. The number of esters is 1. The quantitative estimate of drug-likeness (QED) is 0.219. The molecule has 0 amide bonds. The van der Waals surface area contributed by atoms with Gasteiger partial charge in [0.25, 0.3) is 0 Å². The van der Waals surface area contributed by atoms with Crippen molar-refractivity contribution in [2.45, 2.75) is 110 Å². The lowest BCUT2D eigenvalue weighted by molar-refractivity contribution is -0.143. The fourth-order valence-corrected chi connectivity index (χ4v) is 3.51. The van der Waals surface area contributed by atoms with Crippen molar-refractivity contribution in [1.82, 2.24) is 14.9 Å². The zero-order valence-electron chi connectivity index (χ0n) is 19.1. The van der Waals surface area contributed by atoms with Gasteiger partial charge in [-0.25, -0.2) is 4.98 Å². The highest BCUT2D eigenvalue weighted by Crippen LogP contribution is 2.08. The van der Waals surface area contributed by atoms with E-state index in [1.807, 2.05) is 19.3 Å². The molecule has 1 heterocycles. The van der Waals surface area contributed by atoms with E-state index in [0.29, 0.717) is 13.0 Å². The third kappa shape index (κ3) is 15.2. The van der Waals surface area contributed by atoms with E-state index in [9.17, 15) is 4.79 Å². The van der Waals surface area contributed by atoms with Crippen LogP contribution in [-0.4, -0.2) is 35.2 Å². The van der Waals surface area contributed by atoms with Crippen molar-refractivity contribution in [3.63, 3.8) is 0 Å². The molecule has 0 spiro atoms. The molecule has 0 aliphatic carbocycles. The van der Waals surface area contributed by atoms with Gasteiger partial charge in [-0.1, -0.05) is 64.7 Å². The third-order valence-corrected chi connectivity index (χ3v) is 5.42. The highest BCUT2D eigenvalue weighted by molar-refractivity contribution is 5.69. The molecule has 0 saturated heterocycles. The lowest BCUT2D eigenvalue weighted by Crippen LogP contribution is -2.18. The summed E-state index contributed by atoms with van der Waals surface area (Å²) in [5.41, 5.74) is 0. The minimum absolute atomic E-state index is 0.00854. The van der Waals surface area contributed by atoms with Crippen LogP contribution in [-0.2, 0) is 16.1 Å². The number of carbonyl (C=O) groups is 1. The Kier molecular flexibility index (Phi) is 16.5. The Morgan fingerprint density at radius 2 is 1.59 bits per heavy atom. The van der Waals surface area contributed by atoms with Crippen molar-refractivity contribution in [2.75, 3.05) is 19.7 Å². The monoisotopic (exact) mass is 407 g/mol. The number of unbranched alkanes of at least 4 members (excludes halogenated alkanes) is 10. The Hall–Kier alpha value is -1.36. The Morgan fingerprint density at radius 1 is 0.931 bits per heavy atom. The van der Waals surface area contributed by atoms with Crippen LogP contribution in [0, 0.1) is 6.92 Å². The van der Waals surface area contributed by atoms with E-state index in [2.05, 4.69) is 21.8 Å². The number of nitrogens with zero attached hydrogens (tertiary/aromatic N) is 2. The van der Waals surface area contributed by atoms with E-state index in [1.54, 1.807) is 0 Å². The predicted octanol–water partition coefficient (Wildman–Crippen LogP) is 5.81. The number of aromatic nitrogens is 2. The number of carbonyl (C=O) groups excluding carboxylic acids is 1. The highest BCUT2D eigenvalue weighted by Gasteiger charge is 2.02. The Morgan fingerprint density at radius 3 is 2.31 bits per heavy atom. The molecule has 0 saturated carbocycles. The number of hydrogen-bond donors (Lipinski definition) is 1. The first kappa shape index (κ1) is 25.7. The van der Waals surface area contributed by atoms with Gasteiger partial charge in [0.2, 0.25) is 0 Å². The van der Waals surface area contributed by atoms with Gasteiger partial charge in [-0.05, 0) is 45.7 Å². The van der Waals surface area contributed by atoms with E-state index in [1.165, 1.54) is 57.8 Å². The molecule has 1 aromatic heterocycles. The van der Waals surface area contributed by atoms with Gasteiger partial charge >= 0.3 is 5.97 Å². The SMILES string of the molecule is CCCCCCCCCOC(=O)CCCCCCCNCCCn1ccnc1C. The second-order valence-corrected chi connectivity index (χ2v) is 8.13. The molecule has 5 nitrogen and oxygen atoms in total. The summed E-state index contributed by atoms with van der Waals surface area (Å²) < 4.78 is 7.53. The van der Waals surface area contributed by atoms with Crippen molar-refractivity contribution in [1.29, 1.82) is 0 Å². The number of ether oxygens (including phenoxy) is 1. The molecule has 0 atom stereocenters. The molecule has 1 rings (SSSR count). The molecule has 0 radical (unpaired) electrons. The van der Waals surface area contributed by atoms with E-state index in [4.69, 9.17) is 4.74 Å². The number of aryl methyl sites for hydroxylation is 2. The average molecular weight is 408 g/mol. The van der Waals surface area contributed by atoms with Crippen molar-refractivity contribution < 1.29 is 9.53 Å². The van der Waals surface area contributed by atoms with Crippen LogP contribution in [0.2, 0.25) is 0 Å². The molecule has 1 aromatic rings. The van der Waals surface area contributed by atoms with Crippen LogP contribution in [0.25, 0.3) is 0 Å². The van der Waals surface area contributed by atoms with Crippen LogP contribution in [0.1, 0.15) is 103 Å². The molecule has 1 N–H and O–H groups in total. The standard InChI is InChI=1S/C24H45N3O2/c1-3-4-5-6-7-11-14-22-29-24(28)16-12-9-8-10-13-17-25-18-15-20-27-21-19-26-23(27)2/h19,21,25H,3-18,20,22H2,1-2H3. The topological polar surface area (TPSA) is 56.1 Å². The van der Waals surface area contributed by atoms with Crippen LogP contribution < -0.4 is 5.32 Å². The van der Waals surface area contributed by atoms with Gasteiger partial charge < -0.3 is 14.6 Å². The molecule has 29 heavy (non-hydrogen) atoms. The number of rotatable bonds is 20. The van der Waals surface area contributed by atoms with Gasteiger partial charge in [0.1, 0.15) is 5.82 Å². The van der Waals surface area contributed by atoms with Gasteiger partial charge in [-0.15, -0.1) is 0 Å². The molecule has 0 aromatic carbocycles. The molecule has 0 fully saturated rings. The maximum atomic E-state index is 11.7. The largest absolute Gasteiger partial charge is 0.466 e. The summed E-state index contributed by atoms with van der Waals surface area (Å²) >= 11 is 0. The first-order chi connectivity index (χ1) is 14.2. The highest BCUT2D eigenvalue weighted by atomic mass is 16.5. The van der Waals surface area contributed by atoms with E-state index < -0.39 is 0 Å². The molecular weight excluding hydrogens is 362 g/mol. The van der Waals surface area contributed by atoms with Gasteiger partial charge in [-0.2, -0.15) is 0 Å². The summed E-state index contributed by atoms with van der Waals surface area (Å²) in [5, 5.41) is 3.52. The molecule has 0 aliphatic heterocycles. The van der Waals surface area contributed by atoms with E-state index in [-0.39, 0.29) is 5.97 Å². The summed E-state index contributed by atoms with van der Waals surface area (Å²) in [7, 11) is 0. The first-order valence-electron chi connectivity index (χ1n) is 12.1. The predicted molar refractivity (Wildman–Crippen MR) is 121 cm³/mol. The average Bonchev–Trinajstić information content (AvgIpc) is 3.13. The minimum Gasteiger partial charge on any atom is -0.466 e. The van der Waals surface area contributed by atoms with Crippen molar-refractivity contribution in [3.8, 4) is 0 Å². The van der Waals surface area contributed by atoms with E-state index >= 15 is 0 Å². The Balaban J connectivity index is 1.75. The summed E-state index contributed by atoms with van der Waals surface area (Å²) in [6, 6.07) is 0. The molecule has 0 bridgehead atoms. The van der Waals surface area contributed by atoms with Crippen LogP contribution in [0.15, 0.2) is 12.4 Å².